The minimum absolute atomic E-state index is 0.0848. The highest BCUT2D eigenvalue weighted by Gasteiger charge is 2.34. The lowest BCUT2D eigenvalue weighted by Crippen LogP contribution is -2.39. The summed E-state index contributed by atoms with van der Waals surface area (Å²) >= 11 is 7.25. The van der Waals surface area contributed by atoms with Crippen molar-refractivity contribution in [3.8, 4) is 11.3 Å². The van der Waals surface area contributed by atoms with E-state index in [1.807, 2.05) is 38.3 Å². The van der Waals surface area contributed by atoms with Crippen LogP contribution in [0.4, 0.5) is 9.52 Å². The first-order valence-electron chi connectivity index (χ1n) is 10.1. The zero-order valence-electron chi connectivity index (χ0n) is 17.7. The molecule has 164 valence electrons. The standard InChI is InChI=1S/C23H24ClFN2O2S2/c1-14-10-15(2)22(16(3)11-14)31(28,29)18-6-8-27(9-7-18)23-26-21(13-30-23)17-4-5-19(24)20(25)12-17/h4-5,10-13,18H,6-9H2,1-3H3. The maximum absolute atomic E-state index is 13.8. The molecule has 8 heteroatoms. The molecular formula is C23H24ClFN2O2S2. The number of halogens is 2. The molecule has 0 bridgehead atoms. The fraction of sp³-hybridized carbons (Fsp3) is 0.348. The molecule has 4 nitrogen and oxygen atoms in total. The van der Waals surface area contributed by atoms with Crippen LogP contribution < -0.4 is 4.90 Å². The minimum atomic E-state index is -3.39. The normalized spacial score (nSPS) is 15.5. The highest BCUT2D eigenvalue weighted by atomic mass is 35.5. The first kappa shape index (κ1) is 22.2. The molecule has 0 saturated carbocycles. The van der Waals surface area contributed by atoms with Crippen LogP contribution in [0.1, 0.15) is 29.5 Å². The first-order valence-corrected chi connectivity index (χ1v) is 12.9. The molecule has 1 fully saturated rings. The molecule has 0 radical (unpaired) electrons. The average Bonchev–Trinajstić information content (AvgIpc) is 3.19. The fourth-order valence-corrected chi connectivity index (χ4v) is 7.52. The smallest absolute Gasteiger partial charge is 0.185 e. The lowest BCUT2D eigenvalue weighted by Gasteiger charge is -2.32. The molecule has 4 rings (SSSR count). The van der Waals surface area contributed by atoms with E-state index in [2.05, 4.69) is 9.88 Å². The van der Waals surface area contributed by atoms with Crippen molar-refractivity contribution >= 4 is 37.9 Å². The third kappa shape index (κ3) is 4.36. The Hall–Kier alpha value is -1.96. The van der Waals surface area contributed by atoms with Crippen LogP contribution >= 0.6 is 22.9 Å². The predicted molar refractivity (Wildman–Crippen MR) is 126 cm³/mol. The zero-order valence-corrected chi connectivity index (χ0v) is 20.0. The van der Waals surface area contributed by atoms with E-state index >= 15 is 0 Å². The summed E-state index contributed by atoms with van der Waals surface area (Å²) in [7, 11) is -3.39. The largest absolute Gasteiger partial charge is 0.348 e. The van der Waals surface area contributed by atoms with E-state index in [0.717, 1.165) is 21.8 Å². The number of benzene rings is 2. The Kier molecular flexibility index (Phi) is 6.12. The molecule has 1 aliphatic heterocycles. The van der Waals surface area contributed by atoms with Gasteiger partial charge in [0, 0.05) is 24.0 Å². The van der Waals surface area contributed by atoms with Gasteiger partial charge in [0.25, 0.3) is 0 Å². The van der Waals surface area contributed by atoms with Crippen molar-refractivity contribution < 1.29 is 12.8 Å². The maximum Gasteiger partial charge on any atom is 0.185 e. The van der Waals surface area contributed by atoms with E-state index in [4.69, 9.17) is 11.6 Å². The fourth-order valence-electron chi connectivity index (χ4n) is 4.34. The number of hydrogen-bond acceptors (Lipinski definition) is 5. The first-order chi connectivity index (χ1) is 14.7. The molecule has 0 spiro atoms. The van der Waals surface area contributed by atoms with Crippen LogP contribution in [0.25, 0.3) is 11.3 Å². The van der Waals surface area contributed by atoms with Gasteiger partial charge in [-0.3, -0.25) is 0 Å². The van der Waals surface area contributed by atoms with E-state index < -0.39 is 20.9 Å². The monoisotopic (exact) mass is 478 g/mol. The Bertz CT molecular complexity index is 1210. The van der Waals surface area contributed by atoms with E-state index in [9.17, 15) is 12.8 Å². The lowest BCUT2D eigenvalue weighted by molar-refractivity contribution is 0.528. The van der Waals surface area contributed by atoms with Gasteiger partial charge in [0.1, 0.15) is 5.82 Å². The molecule has 1 aliphatic rings. The van der Waals surface area contributed by atoms with E-state index in [0.29, 0.717) is 42.1 Å². The van der Waals surface area contributed by atoms with Gasteiger partial charge < -0.3 is 4.90 Å². The highest BCUT2D eigenvalue weighted by molar-refractivity contribution is 7.92. The number of piperidine rings is 1. The zero-order chi connectivity index (χ0) is 22.3. The highest BCUT2D eigenvalue weighted by Crippen LogP contribution is 2.34. The molecule has 0 aliphatic carbocycles. The summed E-state index contributed by atoms with van der Waals surface area (Å²) in [5.74, 6) is -0.471. The number of anilines is 1. The van der Waals surface area contributed by atoms with Gasteiger partial charge in [-0.2, -0.15) is 0 Å². The molecule has 0 amide bonds. The predicted octanol–water partition coefficient (Wildman–Crippen LogP) is 5.97. The third-order valence-electron chi connectivity index (χ3n) is 5.75. The average molecular weight is 479 g/mol. The number of aryl methyl sites for hydroxylation is 3. The SMILES string of the molecule is Cc1cc(C)c(S(=O)(=O)C2CCN(c3nc(-c4ccc(Cl)c(F)c4)cs3)CC2)c(C)c1. The molecule has 2 heterocycles. The van der Waals surface area contributed by atoms with Gasteiger partial charge in [-0.25, -0.2) is 17.8 Å². The molecular weight excluding hydrogens is 455 g/mol. The summed E-state index contributed by atoms with van der Waals surface area (Å²) in [5, 5.41) is 2.40. The van der Waals surface area contributed by atoms with Crippen LogP contribution in [0.15, 0.2) is 40.6 Å². The minimum Gasteiger partial charge on any atom is -0.348 e. The summed E-state index contributed by atoms with van der Waals surface area (Å²) in [6.45, 7) is 6.97. The van der Waals surface area contributed by atoms with E-state index in [1.165, 1.54) is 23.5 Å². The van der Waals surface area contributed by atoms with Crippen molar-refractivity contribution in [1.29, 1.82) is 0 Å². The molecule has 0 unspecified atom stereocenters. The topological polar surface area (TPSA) is 50.3 Å². The maximum atomic E-state index is 13.8. The molecule has 1 saturated heterocycles. The van der Waals surface area contributed by atoms with Crippen LogP contribution in [-0.2, 0) is 9.84 Å². The Morgan fingerprint density at radius 2 is 1.74 bits per heavy atom. The Morgan fingerprint density at radius 1 is 1.10 bits per heavy atom. The van der Waals surface area contributed by atoms with Gasteiger partial charge in [0.2, 0.25) is 0 Å². The number of aromatic nitrogens is 1. The molecule has 0 N–H and O–H groups in total. The van der Waals surface area contributed by atoms with Gasteiger partial charge in [-0.15, -0.1) is 11.3 Å². The quantitative estimate of drug-likeness (QED) is 0.463. The summed E-state index contributed by atoms with van der Waals surface area (Å²) < 4.78 is 40.5. The second-order valence-electron chi connectivity index (χ2n) is 8.10. The van der Waals surface area contributed by atoms with Crippen molar-refractivity contribution in [3.05, 3.63) is 63.2 Å². The van der Waals surface area contributed by atoms with Crippen LogP contribution in [0.5, 0.6) is 0 Å². The van der Waals surface area contributed by atoms with Crippen LogP contribution in [0.2, 0.25) is 5.02 Å². The van der Waals surface area contributed by atoms with Crippen LogP contribution in [0.3, 0.4) is 0 Å². The molecule has 3 aromatic rings. The Balaban J connectivity index is 1.49. The van der Waals surface area contributed by atoms with E-state index in [1.54, 1.807) is 6.07 Å². The van der Waals surface area contributed by atoms with Crippen molar-refractivity contribution in [2.45, 2.75) is 43.8 Å². The van der Waals surface area contributed by atoms with Crippen molar-refractivity contribution in [3.63, 3.8) is 0 Å². The van der Waals surface area contributed by atoms with Gasteiger partial charge in [0.05, 0.1) is 20.9 Å². The van der Waals surface area contributed by atoms with Crippen LogP contribution in [-0.4, -0.2) is 31.7 Å². The number of hydrogen-bond donors (Lipinski definition) is 0. The summed E-state index contributed by atoms with van der Waals surface area (Å²) in [6.07, 6.45) is 1.11. The summed E-state index contributed by atoms with van der Waals surface area (Å²) in [4.78, 5) is 7.24. The Morgan fingerprint density at radius 3 is 2.35 bits per heavy atom. The van der Waals surface area contributed by atoms with Gasteiger partial charge in [-0.05, 0) is 56.9 Å². The summed E-state index contributed by atoms with van der Waals surface area (Å²) in [6, 6.07) is 8.52. The van der Waals surface area contributed by atoms with E-state index in [-0.39, 0.29) is 5.02 Å². The number of thiazole rings is 1. The second kappa shape index (κ2) is 8.52. The lowest BCUT2D eigenvalue weighted by atomic mass is 10.1. The molecule has 0 atom stereocenters. The van der Waals surface area contributed by atoms with Crippen molar-refractivity contribution in [2.75, 3.05) is 18.0 Å². The van der Waals surface area contributed by atoms with Gasteiger partial charge >= 0.3 is 0 Å². The number of nitrogens with zero attached hydrogens (tertiary/aromatic N) is 2. The number of sulfone groups is 1. The van der Waals surface area contributed by atoms with Gasteiger partial charge in [0.15, 0.2) is 15.0 Å². The second-order valence-corrected chi connectivity index (χ2v) is 11.5. The third-order valence-corrected chi connectivity index (χ3v) is 9.52. The van der Waals surface area contributed by atoms with Gasteiger partial charge in [-0.1, -0.05) is 35.4 Å². The molecule has 1 aromatic heterocycles. The molecule has 31 heavy (non-hydrogen) atoms. The van der Waals surface area contributed by atoms with Crippen molar-refractivity contribution in [1.82, 2.24) is 4.98 Å². The number of rotatable bonds is 4. The molecule has 2 aromatic carbocycles. The summed E-state index contributed by atoms with van der Waals surface area (Å²) in [5.41, 5.74) is 4.08. The van der Waals surface area contributed by atoms with Crippen molar-refractivity contribution in [2.24, 2.45) is 0 Å². The Labute approximate surface area is 191 Å². The van der Waals surface area contributed by atoms with Crippen LogP contribution in [0, 0.1) is 26.6 Å².